The smallest absolute Gasteiger partial charge is 0.235 e. The van der Waals surface area contributed by atoms with Crippen LogP contribution in [0.2, 0.25) is 0 Å². The Morgan fingerprint density at radius 1 is 1.00 bits per heavy atom. The van der Waals surface area contributed by atoms with E-state index < -0.39 is 10.0 Å². The number of anilines is 2. The van der Waals surface area contributed by atoms with Crippen molar-refractivity contribution in [3.05, 3.63) is 60.2 Å². The van der Waals surface area contributed by atoms with Crippen LogP contribution in [0.15, 0.2) is 54.6 Å². The number of amides is 1. The molecule has 2 rings (SSSR count). The van der Waals surface area contributed by atoms with Crippen molar-refractivity contribution >= 4 is 27.3 Å². The van der Waals surface area contributed by atoms with Crippen LogP contribution in [0.5, 0.6) is 0 Å². The number of hydrogen-bond acceptors (Lipinski definition) is 3. The van der Waals surface area contributed by atoms with E-state index in [-0.39, 0.29) is 18.1 Å². The molecule has 25 heavy (non-hydrogen) atoms. The first-order valence-corrected chi connectivity index (χ1v) is 9.84. The molecule has 2 aromatic rings. The van der Waals surface area contributed by atoms with Crippen molar-refractivity contribution in [2.75, 3.05) is 28.6 Å². The summed E-state index contributed by atoms with van der Waals surface area (Å²) < 4.78 is 26.2. The monoisotopic (exact) mass is 360 g/mol. The van der Waals surface area contributed by atoms with Gasteiger partial charge in [-0.3, -0.25) is 9.10 Å². The molecule has 0 aliphatic heterocycles. The number of nitrogens with zero attached hydrogens (tertiary/aromatic N) is 2. The number of hydrogen-bond donors (Lipinski definition) is 0. The summed E-state index contributed by atoms with van der Waals surface area (Å²) in [5, 5.41) is 0. The first-order valence-electron chi connectivity index (χ1n) is 8.24. The largest absolute Gasteiger partial charge is 0.313 e. The van der Waals surface area contributed by atoms with Crippen LogP contribution in [0.4, 0.5) is 11.4 Å². The summed E-state index contributed by atoms with van der Waals surface area (Å²) in [5.41, 5.74) is 2.43. The summed E-state index contributed by atoms with van der Waals surface area (Å²) in [6.07, 6.45) is -0.0543. The lowest BCUT2D eigenvalue weighted by atomic mass is 10.2. The number of rotatable bonds is 7. The van der Waals surface area contributed by atoms with E-state index in [2.05, 4.69) is 0 Å². The molecule has 0 spiro atoms. The molecule has 0 aromatic heterocycles. The van der Waals surface area contributed by atoms with Crippen LogP contribution in [-0.2, 0) is 14.8 Å². The first-order chi connectivity index (χ1) is 11.8. The second-order valence-corrected chi connectivity index (χ2v) is 7.97. The van der Waals surface area contributed by atoms with Gasteiger partial charge in [-0.25, -0.2) is 8.42 Å². The Kier molecular flexibility index (Phi) is 6.20. The van der Waals surface area contributed by atoms with Crippen molar-refractivity contribution in [3.8, 4) is 0 Å². The maximum Gasteiger partial charge on any atom is 0.235 e. The highest BCUT2D eigenvalue weighted by Gasteiger charge is 2.22. The van der Waals surface area contributed by atoms with Gasteiger partial charge in [-0.2, -0.15) is 0 Å². The quantitative estimate of drug-likeness (QED) is 0.762. The van der Waals surface area contributed by atoms with E-state index in [1.54, 1.807) is 29.2 Å². The van der Waals surface area contributed by atoms with Crippen LogP contribution in [0.25, 0.3) is 0 Å². The van der Waals surface area contributed by atoms with Gasteiger partial charge in [0, 0.05) is 25.7 Å². The Hall–Kier alpha value is -2.34. The van der Waals surface area contributed by atoms with Crippen LogP contribution in [0.1, 0.15) is 18.9 Å². The molecular weight excluding hydrogens is 336 g/mol. The lowest BCUT2D eigenvalue weighted by Crippen LogP contribution is -2.35. The van der Waals surface area contributed by atoms with E-state index in [0.29, 0.717) is 12.2 Å². The minimum absolute atomic E-state index is 0.0543. The van der Waals surface area contributed by atoms with Crippen LogP contribution in [0, 0.1) is 6.92 Å². The molecule has 134 valence electrons. The highest BCUT2D eigenvalue weighted by Crippen LogP contribution is 2.19. The highest BCUT2D eigenvalue weighted by atomic mass is 32.2. The molecule has 0 radical (unpaired) electrons. The van der Waals surface area contributed by atoms with Crippen LogP contribution < -0.4 is 9.21 Å². The summed E-state index contributed by atoms with van der Waals surface area (Å²) >= 11 is 0. The Balaban J connectivity index is 2.07. The van der Waals surface area contributed by atoms with Crippen molar-refractivity contribution in [1.29, 1.82) is 0 Å². The zero-order valence-electron chi connectivity index (χ0n) is 14.8. The minimum atomic E-state index is -3.55. The molecule has 0 fully saturated rings. The van der Waals surface area contributed by atoms with Gasteiger partial charge in [0.2, 0.25) is 15.9 Å². The Morgan fingerprint density at radius 2 is 1.64 bits per heavy atom. The molecule has 0 atom stereocenters. The lowest BCUT2D eigenvalue weighted by Gasteiger charge is -2.23. The average molecular weight is 360 g/mol. The summed E-state index contributed by atoms with van der Waals surface area (Å²) in [5.74, 6) is -0.419. The van der Waals surface area contributed by atoms with Gasteiger partial charge in [0.05, 0.1) is 11.4 Å². The standard InChI is InChI=1S/C19H24N2O3S/c1-4-21(18-12-8-9-16(2)15-18)19(22)13-14-25(23,24)20(3)17-10-6-5-7-11-17/h5-12,15H,4,13-14H2,1-3H3. The molecule has 2 aromatic carbocycles. The first kappa shape index (κ1) is 19.0. The Labute approximate surface area is 149 Å². The lowest BCUT2D eigenvalue weighted by molar-refractivity contribution is -0.118. The Morgan fingerprint density at radius 3 is 2.24 bits per heavy atom. The topological polar surface area (TPSA) is 57.7 Å². The summed E-state index contributed by atoms with van der Waals surface area (Å²) in [7, 11) is -2.05. The number of carbonyl (C=O) groups is 1. The van der Waals surface area contributed by atoms with Gasteiger partial charge in [0.1, 0.15) is 0 Å². The van der Waals surface area contributed by atoms with Gasteiger partial charge < -0.3 is 4.90 Å². The molecule has 1 amide bonds. The van der Waals surface area contributed by atoms with Gasteiger partial charge in [-0.15, -0.1) is 0 Å². The number of sulfonamides is 1. The number of carbonyl (C=O) groups excluding carboxylic acids is 1. The van der Waals surface area contributed by atoms with Crippen molar-refractivity contribution < 1.29 is 13.2 Å². The summed E-state index contributed by atoms with van der Waals surface area (Å²) in [6.45, 7) is 4.34. The third-order valence-electron chi connectivity index (χ3n) is 4.04. The number of aryl methyl sites for hydroxylation is 1. The van der Waals surface area contributed by atoms with Crippen LogP contribution >= 0.6 is 0 Å². The van der Waals surface area contributed by atoms with Crippen LogP contribution in [0.3, 0.4) is 0 Å². The second-order valence-electron chi connectivity index (χ2n) is 5.85. The summed E-state index contributed by atoms with van der Waals surface area (Å²) in [6, 6.07) is 16.5. The van der Waals surface area contributed by atoms with Gasteiger partial charge in [0.25, 0.3) is 0 Å². The zero-order chi connectivity index (χ0) is 18.4. The molecule has 0 saturated carbocycles. The van der Waals surface area contributed by atoms with E-state index in [9.17, 15) is 13.2 Å². The van der Waals surface area contributed by atoms with Crippen molar-refractivity contribution in [2.24, 2.45) is 0 Å². The fraction of sp³-hybridized carbons (Fsp3) is 0.316. The molecule has 0 aliphatic carbocycles. The van der Waals surface area contributed by atoms with Gasteiger partial charge in [-0.05, 0) is 43.7 Å². The fourth-order valence-electron chi connectivity index (χ4n) is 2.59. The Bertz CT molecular complexity index is 820. The van der Waals surface area contributed by atoms with E-state index in [1.165, 1.54) is 11.4 Å². The van der Waals surface area contributed by atoms with E-state index in [1.807, 2.05) is 44.2 Å². The minimum Gasteiger partial charge on any atom is -0.313 e. The van der Waals surface area contributed by atoms with Crippen molar-refractivity contribution in [1.82, 2.24) is 0 Å². The molecule has 0 unspecified atom stereocenters. The van der Waals surface area contributed by atoms with Gasteiger partial charge in [0.15, 0.2) is 0 Å². The van der Waals surface area contributed by atoms with E-state index in [0.717, 1.165) is 11.3 Å². The second kappa shape index (κ2) is 8.16. The predicted molar refractivity (Wildman–Crippen MR) is 102 cm³/mol. The predicted octanol–water partition coefficient (Wildman–Crippen LogP) is 3.20. The molecule has 0 aliphatic rings. The van der Waals surface area contributed by atoms with E-state index in [4.69, 9.17) is 0 Å². The number of para-hydroxylation sites is 1. The van der Waals surface area contributed by atoms with Crippen molar-refractivity contribution in [2.45, 2.75) is 20.3 Å². The third kappa shape index (κ3) is 4.82. The van der Waals surface area contributed by atoms with Crippen LogP contribution in [-0.4, -0.2) is 33.7 Å². The average Bonchev–Trinajstić information content (AvgIpc) is 2.61. The molecule has 0 saturated heterocycles. The molecular formula is C19H24N2O3S. The fourth-order valence-corrected chi connectivity index (χ4v) is 3.73. The van der Waals surface area contributed by atoms with E-state index >= 15 is 0 Å². The normalized spacial score (nSPS) is 11.2. The maximum atomic E-state index is 12.5. The molecule has 6 heteroatoms. The van der Waals surface area contributed by atoms with Gasteiger partial charge >= 0.3 is 0 Å². The summed E-state index contributed by atoms with van der Waals surface area (Å²) in [4.78, 5) is 14.2. The highest BCUT2D eigenvalue weighted by molar-refractivity contribution is 7.92. The van der Waals surface area contributed by atoms with Gasteiger partial charge in [-0.1, -0.05) is 30.3 Å². The SMILES string of the molecule is CCN(C(=O)CCS(=O)(=O)N(C)c1ccccc1)c1cccc(C)c1. The molecule has 0 bridgehead atoms. The maximum absolute atomic E-state index is 12.5. The van der Waals surface area contributed by atoms with Crippen molar-refractivity contribution in [3.63, 3.8) is 0 Å². The third-order valence-corrected chi connectivity index (χ3v) is 5.81. The zero-order valence-corrected chi connectivity index (χ0v) is 15.7. The molecule has 0 N–H and O–H groups in total. The molecule has 0 heterocycles. The molecule has 5 nitrogen and oxygen atoms in total. The number of benzene rings is 2.